The lowest BCUT2D eigenvalue weighted by Gasteiger charge is -2.11. The van der Waals surface area contributed by atoms with E-state index in [4.69, 9.17) is 4.74 Å². The SMILES string of the molecule is COCC(O)CNc1nn(C)c(=O)n(C)c1=O. The summed E-state index contributed by atoms with van der Waals surface area (Å²) in [6.45, 7) is 0.271. The molecule has 96 valence electrons. The van der Waals surface area contributed by atoms with Gasteiger partial charge in [-0.1, -0.05) is 0 Å². The van der Waals surface area contributed by atoms with Gasteiger partial charge in [-0.3, -0.25) is 9.36 Å². The molecule has 1 aromatic rings. The van der Waals surface area contributed by atoms with E-state index in [1.807, 2.05) is 0 Å². The minimum Gasteiger partial charge on any atom is -0.389 e. The minimum absolute atomic E-state index is 0.0183. The molecule has 0 fully saturated rings. The molecule has 0 aliphatic rings. The van der Waals surface area contributed by atoms with Crippen LogP contribution in [0.2, 0.25) is 0 Å². The summed E-state index contributed by atoms with van der Waals surface area (Å²) in [6.07, 6.45) is -0.747. The van der Waals surface area contributed by atoms with E-state index in [0.29, 0.717) is 0 Å². The Kier molecular flexibility index (Phi) is 4.41. The van der Waals surface area contributed by atoms with Crippen molar-refractivity contribution in [3.05, 3.63) is 20.8 Å². The molecule has 1 atom stereocenters. The molecular weight excluding hydrogens is 228 g/mol. The van der Waals surface area contributed by atoms with Crippen LogP contribution in [0.25, 0.3) is 0 Å². The number of aliphatic hydroxyl groups is 1. The van der Waals surface area contributed by atoms with Crippen molar-refractivity contribution in [1.29, 1.82) is 0 Å². The number of hydrogen-bond acceptors (Lipinski definition) is 6. The molecule has 0 bridgehead atoms. The average Bonchev–Trinajstić information content (AvgIpc) is 2.30. The van der Waals surface area contributed by atoms with Gasteiger partial charge in [-0.25, -0.2) is 9.48 Å². The summed E-state index contributed by atoms with van der Waals surface area (Å²) in [4.78, 5) is 23.0. The number of hydrogen-bond donors (Lipinski definition) is 2. The topological polar surface area (TPSA) is 98.4 Å². The molecule has 1 aromatic heterocycles. The first kappa shape index (κ1) is 13.4. The zero-order chi connectivity index (χ0) is 13.0. The Balaban J connectivity index is 2.86. The lowest BCUT2D eigenvalue weighted by molar-refractivity contribution is 0.0726. The number of ether oxygens (including phenoxy) is 1. The molecule has 0 aromatic carbocycles. The fourth-order valence-corrected chi connectivity index (χ4v) is 1.28. The lowest BCUT2D eigenvalue weighted by atomic mass is 10.4. The molecule has 1 heterocycles. The Morgan fingerprint density at radius 1 is 1.47 bits per heavy atom. The van der Waals surface area contributed by atoms with E-state index >= 15 is 0 Å². The molecule has 0 aliphatic carbocycles. The fraction of sp³-hybridized carbons (Fsp3) is 0.667. The Morgan fingerprint density at radius 3 is 2.71 bits per heavy atom. The highest BCUT2D eigenvalue weighted by atomic mass is 16.5. The van der Waals surface area contributed by atoms with Crippen molar-refractivity contribution in [1.82, 2.24) is 14.3 Å². The van der Waals surface area contributed by atoms with Gasteiger partial charge in [0.25, 0.3) is 5.56 Å². The number of nitrogens with zero attached hydrogens (tertiary/aromatic N) is 3. The Morgan fingerprint density at radius 2 is 2.12 bits per heavy atom. The normalized spacial score (nSPS) is 12.5. The van der Waals surface area contributed by atoms with Crippen molar-refractivity contribution in [3.8, 4) is 0 Å². The molecule has 2 N–H and O–H groups in total. The van der Waals surface area contributed by atoms with E-state index in [2.05, 4.69) is 10.4 Å². The summed E-state index contributed by atoms with van der Waals surface area (Å²) in [6, 6.07) is 0. The van der Waals surface area contributed by atoms with Crippen LogP contribution in [-0.2, 0) is 18.8 Å². The van der Waals surface area contributed by atoms with Crippen LogP contribution in [-0.4, -0.2) is 45.8 Å². The molecule has 1 rings (SSSR count). The van der Waals surface area contributed by atoms with Gasteiger partial charge < -0.3 is 15.2 Å². The van der Waals surface area contributed by atoms with E-state index in [-0.39, 0.29) is 19.0 Å². The summed E-state index contributed by atoms with van der Waals surface area (Å²) in [5.74, 6) is 0.0183. The number of rotatable bonds is 5. The highest BCUT2D eigenvalue weighted by Gasteiger charge is 2.10. The Labute approximate surface area is 97.4 Å². The number of anilines is 1. The minimum atomic E-state index is -0.747. The van der Waals surface area contributed by atoms with Crippen molar-refractivity contribution >= 4 is 5.82 Å². The second kappa shape index (κ2) is 5.60. The molecule has 0 saturated heterocycles. The van der Waals surface area contributed by atoms with Crippen LogP contribution in [0.3, 0.4) is 0 Å². The first-order valence-corrected chi connectivity index (χ1v) is 5.02. The van der Waals surface area contributed by atoms with Crippen LogP contribution < -0.4 is 16.6 Å². The molecule has 0 aliphatic heterocycles. The van der Waals surface area contributed by atoms with Gasteiger partial charge in [-0.05, 0) is 0 Å². The highest BCUT2D eigenvalue weighted by Crippen LogP contribution is 1.91. The van der Waals surface area contributed by atoms with E-state index in [1.165, 1.54) is 21.2 Å². The van der Waals surface area contributed by atoms with E-state index < -0.39 is 17.4 Å². The van der Waals surface area contributed by atoms with Crippen LogP contribution >= 0.6 is 0 Å². The van der Waals surface area contributed by atoms with Crippen LogP contribution in [0.4, 0.5) is 5.82 Å². The van der Waals surface area contributed by atoms with Crippen molar-refractivity contribution in [3.63, 3.8) is 0 Å². The monoisotopic (exact) mass is 244 g/mol. The van der Waals surface area contributed by atoms with Crippen LogP contribution in [0.5, 0.6) is 0 Å². The number of methoxy groups -OCH3 is 1. The van der Waals surface area contributed by atoms with Crippen molar-refractivity contribution in [2.75, 3.05) is 25.6 Å². The quantitative estimate of drug-likeness (QED) is 0.615. The molecule has 0 radical (unpaired) electrons. The third-order valence-electron chi connectivity index (χ3n) is 2.19. The molecule has 17 heavy (non-hydrogen) atoms. The highest BCUT2D eigenvalue weighted by molar-refractivity contribution is 5.29. The maximum Gasteiger partial charge on any atom is 0.346 e. The van der Waals surface area contributed by atoms with Gasteiger partial charge in [0.15, 0.2) is 0 Å². The van der Waals surface area contributed by atoms with E-state index in [9.17, 15) is 14.7 Å². The maximum absolute atomic E-state index is 11.6. The Bertz CT molecular complexity index is 493. The van der Waals surface area contributed by atoms with Crippen molar-refractivity contribution in [2.24, 2.45) is 14.1 Å². The molecule has 0 spiro atoms. The van der Waals surface area contributed by atoms with E-state index in [0.717, 1.165) is 9.25 Å². The van der Waals surface area contributed by atoms with Crippen molar-refractivity contribution in [2.45, 2.75) is 6.10 Å². The first-order valence-electron chi connectivity index (χ1n) is 5.02. The molecule has 0 amide bonds. The summed E-state index contributed by atoms with van der Waals surface area (Å²) in [7, 11) is 4.27. The second-order valence-electron chi connectivity index (χ2n) is 3.61. The zero-order valence-electron chi connectivity index (χ0n) is 10.0. The Hall–Kier alpha value is -1.67. The summed E-state index contributed by atoms with van der Waals surface area (Å²) >= 11 is 0. The van der Waals surface area contributed by atoms with Crippen LogP contribution in [0.15, 0.2) is 9.59 Å². The number of aliphatic hydroxyl groups excluding tert-OH is 1. The van der Waals surface area contributed by atoms with Gasteiger partial charge in [0.1, 0.15) is 0 Å². The molecular formula is C9H16N4O4. The van der Waals surface area contributed by atoms with Crippen LogP contribution in [0.1, 0.15) is 0 Å². The molecule has 1 unspecified atom stereocenters. The largest absolute Gasteiger partial charge is 0.389 e. The van der Waals surface area contributed by atoms with Gasteiger partial charge in [0.05, 0.1) is 12.7 Å². The van der Waals surface area contributed by atoms with Gasteiger partial charge in [0, 0.05) is 27.7 Å². The van der Waals surface area contributed by atoms with E-state index in [1.54, 1.807) is 0 Å². The third kappa shape index (κ3) is 3.14. The third-order valence-corrected chi connectivity index (χ3v) is 2.19. The lowest BCUT2D eigenvalue weighted by Crippen LogP contribution is -2.40. The van der Waals surface area contributed by atoms with Gasteiger partial charge >= 0.3 is 5.69 Å². The number of aryl methyl sites for hydroxylation is 1. The average molecular weight is 244 g/mol. The maximum atomic E-state index is 11.6. The molecule has 8 nitrogen and oxygen atoms in total. The number of aromatic nitrogens is 3. The first-order chi connectivity index (χ1) is 7.97. The van der Waals surface area contributed by atoms with Gasteiger partial charge in [-0.2, -0.15) is 0 Å². The number of nitrogens with one attached hydrogen (secondary N) is 1. The molecule has 8 heteroatoms. The fourth-order valence-electron chi connectivity index (χ4n) is 1.28. The van der Waals surface area contributed by atoms with Crippen molar-refractivity contribution < 1.29 is 9.84 Å². The second-order valence-corrected chi connectivity index (χ2v) is 3.61. The summed E-state index contributed by atoms with van der Waals surface area (Å²) < 4.78 is 6.73. The predicted octanol–water partition coefficient (Wildman–Crippen LogP) is -2.10. The predicted molar refractivity (Wildman–Crippen MR) is 61.1 cm³/mol. The molecule has 0 saturated carbocycles. The zero-order valence-corrected chi connectivity index (χ0v) is 10.0. The van der Waals surface area contributed by atoms with Gasteiger partial charge in [-0.15, -0.1) is 5.10 Å². The smallest absolute Gasteiger partial charge is 0.346 e. The van der Waals surface area contributed by atoms with Gasteiger partial charge in [0.2, 0.25) is 5.82 Å². The standard InChI is InChI=1S/C9H16N4O4/c1-12-8(15)7(11-13(2)9(12)16)10-4-6(14)5-17-3/h6,14H,4-5H2,1-3H3,(H,10,11). The summed E-state index contributed by atoms with van der Waals surface area (Å²) in [5, 5.41) is 15.8. The van der Waals surface area contributed by atoms with Crippen LogP contribution in [0, 0.1) is 0 Å². The summed E-state index contributed by atoms with van der Waals surface area (Å²) in [5.41, 5.74) is -1.03.